The minimum Gasteiger partial charge on any atom is -0.398 e. The number of rotatable bonds is 2. The monoisotopic (exact) mass is 340 g/mol. The Morgan fingerprint density at radius 1 is 1.10 bits per heavy atom. The molecule has 21 heavy (non-hydrogen) atoms. The normalized spacial score (nSPS) is 11.3. The first-order chi connectivity index (χ1) is 10.1. The fraction of sp³-hybridized carbons (Fsp3) is 0.0625. The number of nitrogens with two attached hydrogens (primary N) is 1. The number of halogens is 1. The molecule has 3 aromatic rings. The molecule has 0 aliphatic heterocycles. The Kier molecular flexibility index (Phi) is 3.66. The van der Waals surface area contributed by atoms with E-state index in [4.69, 9.17) is 5.73 Å². The van der Waals surface area contributed by atoms with Crippen molar-refractivity contribution >= 4 is 44.7 Å². The van der Waals surface area contributed by atoms with Gasteiger partial charge in [0.05, 0.1) is 11.2 Å². The molecule has 2 heterocycles. The van der Waals surface area contributed by atoms with Crippen molar-refractivity contribution < 1.29 is 0 Å². The molecule has 2 aromatic heterocycles. The Labute approximate surface area is 130 Å². The molecule has 0 amide bonds. The highest BCUT2D eigenvalue weighted by Gasteiger charge is 2.02. The van der Waals surface area contributed by atoms with E-state index in [9.17, 15) is 0 Å². The van der Waals surface area contributed by atoms with Crippen LogP contribution in [0.2, 0.25) is 0 Å². The summed E-state index contributed by atoms with van der Waals surface area (Å²) < 4.78 is 0.920. The molecule has 0 fully saturated rings. The van der Waals surface area contributed by atoms with Gasteiger partial charge in [-0.3, -0.25) is 0 Å². The smallest absolute Gasteiger partial charge is 0.152 e. The summed E-state index contributed by atoms with van der Waals surface area (Å²) in [5, 5.41) is 0.946. The fourth-order valence-electron chi connectivity index (χ4n) is 2.04. The van der Waals surface area contributed by atoms with Gasteiger partial charge in [-0.2, -0.15) is 0 Å². The van der Waals surface area contributed by atoms with E-state index < -0.39 is 0 Å². The molecular weight excluding hydrogens is 328 g/mol. The third-order valence-electron chi connectivity index (χ3n) is 3.04. The van der Waals surface area contributed by atoms with Crippen LogP contribution >= 0.6 is 15.9 Å². The zero-order chi connectivity index (χ0) is 14.8. The molecule has 0 unspecified atom stereocenters. The van der Waals surface area contributed by atoms with Crippen LogP contribution in [0.1, 0.15) is 17.2 Å². The van der Waals surface area contributed by atoms with Crippen molar-refractivity contribution in [3.05, 3.63) is 58.2 Å². The number of anilines is 1. The number of fused-ring (bicyclic) bond motifs is 1. The molecule has 2 N–H and O–H groups in total. The molecule has 104 valence electrons. The van der Waals surface area contributed by atoms with E-state index in [0.29, 0.717) is 11.5 Å². The molecule has 1 aromatic carbocycles. The van der Waals surface area contributed by atoms with Gasteiger partial charge in [-0.1, -0.05) is 15.9 Å². The minimum absolute atomic E-state index is 0.672. The van der Waals surface area contributed by atoms with Gasteiger partial charge in [0.1, 0.15) is 0 Å². The minimum atomic E-state index is 0.672. The van der Waals surface area contributed by atoms with Crippen molar-refractivity contribution in [2.24, 2.45) is 0 Å². The molecular formula is C16H13BrN4. The second-order valence-corrected chi connectivity index (χ2v) is 5.60. The number of benzene rings is 1. The van der Waals surface area contributed by atoms with Crippen LogP contribution < -0.4 is 5.73 Å². The van der Waals surface area contributed by atoms with Gasteiger partial charge >= 0.3 is 0 Å². The second kappa shape index (κ2) is 5.61. The summed E-state index contributed by atoms with van der Waals surface area (Å²) in [6.07, 6.45) is 5.49. The third kappa shape index (κ3) is 3.08. The summed E-state index contributed by atoms with van der Waals surface area (Å²) in [5.74, 6) is 0.672. The molecule has 0 aliphatic rings. The van der Waals surface area contributed by atoms with E-state index >= 15 is 0 Å². The second-order valence-electron chi connectivity index (χ2n) is 4.69. The number of aromatic nitrogens is 3. The van der Waals surface area contributed by atoms with Crippen LogP contribution in [-0.4, -0.2) is 15.0 Å². The predicted molar refractivity (Wildman–Crippen MR) is 89.6 cm³/mol. The van der Waals surface area contributed by atoms with Gasteiger partial charge in [0, 0.05) is 27.4 Å². The highest BCUT2D eigenvalue weighted by atomic mass is 79.9. The van der Waals surface area contributed by atoms with Crippen molar-refractivity contribution in [3.63, 3.8) is 0 Å². The van der Waals surface area contributed by atoms with Crippen LogP contribution in [0.3, 0.4) is 0 Å². The Balaban J connectivity index is 1.98. The summed E-state index contributed by atoms with van der Waals surface area (Å²) in [5.41, 5.74) is 9.32. The first-order valence-corrected chi connectivity index (χ1v) is 7.24. The standard InChI is InChI=1S/C16H13BrN4/c1-10-6-7-19-16(20-10)5-3-12-2-4-13-14(18)8-11(17)9-15(13)21-12/h2-9H,18H2,1H3/b5-3+. The number of hydrogen-bond acceptors (Lipinski definition) is 4. The SMILES string of the molecule is Cc1ccnc(/C=C/c2ccc3c(N)cc(Br)cc3n2)n1. The molecule has 4 nitrogen and oxygen atoms in total. The summed E-state index contributed by atoms with van der Waals surface area (Å²) in [6, 6.07) is 9.60. The van der Waals surface area contributed by atoms with Crippen LogP contribution in [0.15, 0.2) is 41.0 Å². The lowest BCUT2D eigenvalue weighted by Crippen LogP contribution is -1.91. The zero-order valence-electron chi connectivity index (χ0n) is 11.4. The van der Waals surface area contributed by atoms with Gasteiger partial charge in [-0.25, -0.2) is 15.0 Å². The average molecular weight is 341 g/mol. The van der Waals surface area contributed by atoms with Gasteiger partial charge in [0.2, 0.25) is 0 Å². The Morgan fingerprint density at radius 3 is 2.76 bits per heavy atom. The first-order valence-electron chi connectivity index (χ1n) is 6.45. The maximum absolute atomic E-state index is 5.98. The van der Waals surface area contributed by atoms with Gasteiger partial charge in [-0.15, -0.1) is 0 Å². The lowest BCUT2D eigenvalue weighted by Gasteiger charge is -2.03. The van der Waals surface area contributed by atoms with Crippen molar-refractivity contribution in [1.82, 2.24) is 15.0 Å². The van der Waals surface area contributed by atoms with Crippen LogP contribution in [0.4, 0.5) is 5.69 Å². The molecule has 0 aliphatic carbocycles. The van der Waals surface area contributed by atoms with Crippen molar-refractivity contribution in [3.8, 4) is 0 Å². The zero-order valence-corrected chi connectivity index (χ0v) is 13.0. The predicted octanol–water partition coefficient (Wildman–Crippen LogP) is 3.85. The van der Waals surface area contributed by atoms with Gasteiger partial charge in [0.15, 0.2) is 5.82 Å². The number of hydrogen-bond donors (Lipinski definition) is 1. The van der Waals surface area contributed by atoms with E-state index in [1.807, 2.05) is 49.4 Å². The molecule has 3 rings (SSSR count). The van der Waals surface area contributed by atoms with Gasteiger partial charge < -0.3 is 5.73 Å². The number of pyridine rings is 1. The number of nitrogen functional groups attached to an aromatic ring is 1. The molecule has 0 saturated carbocycles. The lowest BCUT2D eigenvalue weighted by atomic mass is 10.1. The fourth-order valence-corrected chi connectivity index (χ4v) is 2.51. The molecule has 0 radical (unpaired) electrons. The average Bonchev–Trinajstić information content (AvgIpc) is 2.44. The van der Waals surface area contributed by atoms with Crippen LogP contribution in [-0.2, 0) is 0 Å². The van der Waals surface area contributed by atoms with Crippen molar-refractivity contribution in [1.29, 1.82) is 0 Å². The molecule has 5 heteroatoms. The van der Waals surface area contributed by atoms with Gasteiger partial charge in [-0.05, 0) is 49.4 Å². The maximum atomic E-state index is 5.98. The highest BCUT2D eigenvalue weighted by Crippen LogP contribution is 2.25. The summed E-state index contributed by atoms with van der Waals surface area (Å²) in [7, 11) is 0. The van der Waals surface area contributed by atoms with Crippen molar-refractivity contribution in [2.75, 3.05) is 5.73 Å². The molecule has 0 spiro atoms. The maximum Gasteiger partial charge on any atom is 0.152 e. The Bertz CT molecular complexity index is 843. The summed E-state index contributed by atoms with van der Waals surface area (Å²) in [4.78, 5) is 13.1. The van der Waals surface area contributed by atoms with Gasteiger partial charge in [0.25, 0.3) is 0 Å². The van der Waals surface area contributed by atoms with E-state index in [0.717, 1.165) is 26.8 Å². The Hall–Kier alpha value is -2.27. The quantitative estimate of drug-likeness (QED) is 0.719. The third-order valence-corrected chi connectivity index (χ3v) is 3.50. The van der Waals surface area contributed by atoms with E-state index in [1.54, 1.807) is 6.20 Å². The topological polar surface area (TPSA) is 64.7 Å². The highest BCUT2D eigenvalue weighted by molar-refractivity contribution is 9.10. The largest absolute Gasteiger partial charge is 0.398 e. The number of aryl methyl sites for hydroxylation is 1. The van der Waals surface area contributed by atoms with E-state index in [-0.39, 0.29) is 0 Å². The van der Waals surface area contributed by atoms with E-state index in [2.05, 4.69) is 30.9 Å². The summed E-state index contributed by atoms with van der Waals surface area (Å²) in [6.45, 7) is 1.94. The lowest BCUT2D eigenvalue weighted by molar-refractivity contribution is 1.08. The van der Waals surface area contributed by atoms with Crippen LogP contribution in [0.5, 0.6) is 0 Å². The van der Waals surface area contributed by atoms with Crippen LogP contribution in [0.25, 0.3) is 23.1 Å². The Morgan fingerprint density at radius 2 is 1.95 bits per heavy atom. The van der Waals surface area contributed by atoms with E-state index in [1.165, 1.54) is 0 Å². The van der Waals surface area contributed by atoms with Crippen molar-refractivity contribution in [2.45, 2.75) is 6.92 Å². The number of nitrogens with zero attached hydrogens (tertiary/aromatic N) is 3. The molecule has 0 saturated heterocycles. The van der Waals surface area contributed by atoms with Crippen LogP contribution in [0, 0.1) is 6.92 Å². The molecule has 0 bridgehead atoms. The first kappa shape index (κ1) is 13.7. The summed E-state index contributed by atoms with van der Waals surface area (Å²) >= 11 is 3.43. The molecule has 0 atom stereocenters.